The molecule has 1 N–H and O–H groups in total. The second kappa shape index (κ2) is 10.9. The van der Waals surface area contributed by atoms with E-state index in [1.165, 1.54) is 31.5 Å². The van der Waals surface area contributed by atoms with Gasteiger partial charge < -0.3 is 19.5 Å². The molecule has 4 atom stereocenters. The van der Waals surface area contributed by atoms with E-state index in [9.17, 15) is 18.7 Å². The van der Waals surface area contributed by atoms with Gasteiger partial charge >= 0.3 is 12.0 Å². The Labute approximate surface area is 269 Å². The van der Waals surface area contributed by atoms with Crippen molar-refractivity contribution in [3.8, 4) is 23.0 Å². The highest BCUT2D eigenvalue weighted by molar-refractivity contribution is 6.02. The molecular formula is C35H36F3N5O4. The minimum Gasteiger partial charge on any atom is -0.508 e. The Kier molecular flexibility index (Phi) is 7.02. The number of ether oxygens (including phenoxy) is 2. The number of benzene rings is 2. The number of aromatic nitrogens is 3. The lowest BCUT2D eigenvalue weighted by molar-refractivity contribution is -0.160. The van der Waals surface area contributed by atoms with Gasteiger partial charge in [0, 0.05) is 37.8 Å². The van der Waals surface area contributed by atoms with Gasteiger partial charge in [0.1, 0.15) is 41.4 Å². The van der Waals surface area contributed by atoms with Crippen molar-refractivity contribution >= 4 is 33.5 Å². The molecule has 4 fully saturated rings. The predicted octanol–water partition coefficient (Wildman–Crippen LogP) is 5.74. The summed E-state index contributed by atoms with van der Waals surface area (Å²) < 4.78 is 57.8. The van der Waals surface area contributed by atoms with Gasteiger partial charge in [-0.05, 0) is 79.1 Å². The lowest BCUT2D eigenvalue weighted by atomic mass is 9.62. The lowest BCUT2D eigenvalue weighted by Gasteiger charge is -2.40. The van der Waals surface area contributed by atoms with Crippen LogP contribution < -0.4 is 9.64 Å². The van der Waals surface area contributed by atoms with Crippen LogP contribution in [0.3, 0.4) is 0 Å². The van der Waals surface area contributed by atoms with E-state index in [0.717, 1.165) is 25.8 Å². The molecule has 1 aliphatic carbocycles. The number of pyridine rings is 1. The lowest BCUT2D eigenvalue weighted by Crippen LogP contribution is -2.47. The quantitative estimate of drug-likeness (QED) is 0.252. The second-order valence-corrected chi connectivity index (χ2v) is 13.6. The Bertz CT molecular complexity index is 1940. The molecule has 2 aromatic heterocycles. The van der Waals surface area contributed by atoms with Crippen LogP contribution in [0.1, 0.15) is 44.6 Å². The van der Waals surface area contributed by atoms with Crippen molar-refractivity contribution in [3.05, 3.63) is 47.7 Å². The Morgan fingerprint density at radius 2 is 2.02 bits per heavy atom. The van der Waals surface area contributed by atoms with Crippen LogP contribution in [0.2, 0.25) is 0 Å². The smallest absolute Gasteiger partial charge is 0.319 e. The molecule has 3 saturated heterocycles. The molecule has 5 heterocycles. The molecule has 4 aliphatic rings. The highest BCUT2D eigenvalue weighted by Crippen LogP contribution is 2.54. The second-order valence-electron chi connectivity index (χ2n) is 13.6. The molecule has 2 aromatic carbocycles. The van der Waals surface area contributed by atoms with Gasteiger partial charge in [0.15, 0.2) is 5.82 Å². The number of halogens is 3. The van der Waals surface area contributed by atoms with Crippen LogP contribution in [0, 0.1) is 23.0 Å². The number of rotatable bonds is 7. The summed E-state index contributed by atoms with van der Waals surface area (Å²) in [5.74, 6) is -1.14. The molecule has 0 amide bonds. The SMILES string of the molecule is CCc1c(F)ccc2cc(O)cc(-c3ncc4c(N5C[C@H]6CC[C@@]6(C(=O)OC)C5)nc(OC[C@@]56CCCN5C[C@H](F)C6)nc4c3F)c12. The maximum Gasteiger partial charge on any atom is 0.319 e. The number of phenols is 1. The summed E-state index contributed by atoms with van der Waals surface area (Å²) in [6, 6.07) is 5.73. The van der Waals surface area contributed by atoms with Gasteiger partial charge in [-0.15, -0.1) is 0 Å². The molecule has 4 aromatic rings. The average Bonchev–Trinajstić information content (AvgIpc) is 3.67. The van der Waals surface area contributed by atoms with Gasteiger partial charge in [-0.3, -0.25) is 14.7 Å². The van der Waals surface area contributed by atoms with E-state index < -0.39 is 28.8 Å². The molecule has 1 saturated carbocycles. The number of hydrogen-bond acceptors (Lipinski definition) is 9. The fourth-order valence-electron chi connectivity index (χ4n) is 8.74. The van der Waals surface area contributed by atoms with Crippen LogP contribution in [0.25, 0.3) is 32.9 Å². The van der Waals surface area contributed by atoms with Crippen LogP contribution in [0.5, 0.6) is 11.8 Å². The number of aryl methyl sites for hydroxylation is 1. The Balaban J connectivity index is 1.27. The molecular weight excluding hydrogens is 611 g/mol. The highest BCUT2D eigenvalue weighted by Gasteiger charge is 2.59. The number of alkyl halides is 1. The monoisotopic (exact) mass is 647 g/mol. The first-order valence-corrected chi connectivity index (χ1v) is 16.3. The van der Waals surface area contributed by atoms with E-state index in [-0.39, 0.29) is 47.0 Å². The van der Waals surface area contributed by atoms with Crippen molar-refractivity contribution in [3.63, 3.8) is 0 Å². The summed E-state index contributed by atoms with van der Waals surface area (Å²) in [6.45, 7) is 3.98. The zero-order valence-electron chi connectivity index (χ0n) is 26.4. The van der Waals surface area contributed by atoms with E-state index in [1.54, 1.807) is 6.07 Å². The number of methoxy groups -OCH3 is 1. The molecule has 0 bridgehead atoms. The maximum absolute atomic E-state index is 16.9. The molecule has 8 rings (SSSR count). The summed E-state index contributed by atoms with van der Waals surface area (Å²) in [5, 5.41) is 11.9. The number of carbonyl (C=O) groups excluding carboxylic acids is 1. The first kappa shape index (κ1) is 30.2. The number of nitrogens with zero attached hydrogens (tertiary/aromatic N) is 5. The fourth-order valence-corrected chi connectivity index (χ4v) is 8.74. The zero-order chi connectivity index (χ0) is 32.7. The van der Waals surface area contributed by atoms with Crippen LogP contribution >= 0.6 is 0 Å². The van der Waals surface area contributed by atoms with Gasteiger partial charge in [0.05, 0.1) is 23.4 Å². The van der Waals surface area contributed by atoms with Crippen molar-refractivity contribution in [2.24, 2.45) is 11.3 Å². The molecule has 3 aliphatic heterocycles. The third-order valence-electron chi connectivity index (χ3n) is 11.2. The van der Waals surface area contributed by atoms with Gasteiger partial charge in [-0.25, -0.2) is 13.2 Å². The third kappa shape index (κ3) is 4.54. The molecule has 12 heteroatoms. The minimum atomic E-state index is -0.942. The van der Waals surface area contributed by atoms with E-state index in [0.29, 0.717) is 66.4 Å². The van der Waals surface area contributed by atoms with Crippen molar-refractivity contribution in [2.75, 3.05) is 44.8 Å². The largest absolute Gasteiger partial charge is 0.508 e. The molecule has 246 valence electrons. The van der Waals surface area contributed by atoms with Gasteiger partial charge in [-0.1, -0.05) is 13.0 Å². The number of aromatic hydroxyl groups is 1. The van der Waals surface area contributed by atoms with Crippen molar-refractivity contribution in [1.29, 1.82) is 0 Å². The summed E-state index contributed by atoms with van der Waals surface area (Å²) in [6.07, 6.45) is 4.51. The summed E-state index contributed by atoms with van der Waals surface area (Å²) in [7, 11) is 1.39. The van der Waals surface area contributed by atoms with E-state index in [1.807, 2.05) is 11.8 Å². The number of esters is 1. The molecule has 47 heavy (non-hydrogen) atoms. The molecule has 0 unspecified atom stereocenters. The topological polar surface area (TPSA) is 101 Å². The number of anilines is 1. The highest BCUT2D eigenvalue weighted by atomic mass is 19.1. The number of carbonyl (C=O) groups is 1. The van der Waals surface area contributed by atoms with Crippen LogP contribution in [0.4, 0.5) is 19.0 Å². The first-order valence-electron chi connectivity index (χ1n) is 16.3. The van der Waals surface area contributed by atoms with E-state index >= 15 is 4.39 Å². The molecule has 0 radical (unpaired) electrons. The summed E-state index contributed by atoms with van der Waals surface area (Å²) in [4.78, 5) is 30.8. The zero-order valence-corrected chi connectivity index (χ0v) is 26.4. The van der Waals surface area contributed by atoms with Crippen LogP contribution in [-0.4, -0.2) is 82.5 Å². The van der Waals surface area contributed by atoms with Crippen molar-refractivity contribution in [2.45, 2.75) is 57.2 Å². The number of phenolic OH excluding ortho intramolecular Hbond substituents is 1. The van der Waals surface area contributed by atoms with E-state index in [2.05, 4.69) is 14.9 Å². The Morgan fingerprint density at radius 1 is 1.17 bits per heavy atom. The molecule has 0 spiro atoms. The van der Waals surface area contributed by atoms with Crippen LogP contribution in [0.15, 0.2) is 30.5 Å². The maximum atomic E-state index is 16.9. The van der Waals surface area contributed by atoms with Gasteiger partial charge in [-0.2, -0.15) is 9.97 Å². The van der Waals surface area contributed by atoms with Crippen LogP contribution in [-0.2, 0) is 16.0 Å². The van der Waals surface area contributed by atoms with Crippen molar-refractivity contribution in [1.82, 2.24) is 19.9 Å². The number of hydrogen-bond donors (Lipinski definition) is 1. The molecule has 9 nitrogen and oxygen atoms in total. The average molecular weight is 648 g/mol. The van der Waals surface area contributed by atoms with Gasteiger partial charge in [0.2, 0.25) is 0 Å². The van der Waals surface area contributed by atoms with Gasteiger partial charge in [0.25, 0.3) is 0 Å². The normalized spacial score (nSPS) is 26.9. The Hall–Kier alpha value is -4.19. The first-order chi connectivity index (χ1) is 22.7. The third-order valence-corrected chi connectivity index (χ3v) is 11.2. The standard InChI is InChI=1S/C35H36F3N5O4/c1-3-23-26(37)6-5-19-11-22(44)12-24(27(19)23)29-28(38)30-25(14-39-29)31(42-15-20-7-9-35(20,17-42)32(45)46-2)41-33(40-30)47-18-34-8-4-10-43(34)16-21(36)13-34/h5-6,11-12,14,20-21,44H,3-4,7-10,13,15-18H2,1-2H3/t20-,21-,34+,35-/m1/s1. The Morgan fingerprint density at radius 3 is 2.79 bits per heavy atom. The minimum absolute atomic E-state index is 0.0529. The predicted molar refractivity (Wildman–Crippen MR) is 169 cm³/mol. The van der Waals surface area contributed by atoms with Crippen molar-refractivity contribution < 1.29 is 32.5 Å². The fraction of sp³-hybridized carbons (Fsp3) is 0.486. The summed E-state index contributed by atoms with van der Waals surface area (Å²) in [5.41, 5.74) is -0.662. The van der Waals surface area contributed by atoms with E-state index in [4.69, 9.17) is 14.5 Å². The summed E-state index contributed by atoms with van der Waals surface area (Å²) >= 11 is 0. The number of fused-ring (bicyclic) bond motifs is 4.